The molecular weight excluding hydrogens is 168 g/mol. The number of hydrogen-bond acceptors (Lipinski definition) is 0. The third-order valence-corrected chi connectivity index (χ3v) is 4.48. The summed E-state index contributed by atoms with van der Waals surface area (Å²) in [6, 6.07) is 0. The van der Waals surface area contributed by atoms with Crippen LogP contribution in [0.1, 0.15) is 66.2 Å². The van der Waals surface area contributed by atoms with E-state index in [-0.39, 0.29) is 0 Å². The van der Waals surface area contributed by atoms with Crippen molar-refractivity contribution in [2.24, 2.45) is 10.8 Å². The Hall–Kier alpha value is -0.260. The zero-order valence-electron chi connectivity index (χ0n) is 10.2. The minimum atomic E-state index is 0.505. The molecule has 0 saturated carbocycles. The average Bonchev–Trinajstić information content (AvgIpc) is 2.14. The van der Waals surface area contributed by atoms with E-state index in [1.807, 2.05) is 11.1 Å². The van der Waals surface area contributed by atoms with Gasteiger partial charge in [-0.1, -0.05) is 38.8 Å². The van der Waals surface area contributed by atoms with Crippen molar-refractivity contribution in [1.82, 2.24) is 0 Å². The topological polar surface area (TPSA) is 0 Å². The third-order valence-electron chi connectivity index (χ3n) is 4.48. The molecule has 0 aromatic rings. The van der Waals surface area contributed by atoms with Crippen molar-refractivity contribution in [3.05, 3.63) is 11.1 Å². The van der Waals surface area contributed by atoms with Gasteiger partial charge in [0, 0.05) is 0 Å². The van der Waals surface area contributed by atoms with Gasteiger partial charge in [-0.05, 0) is 49.4 Å². The summed E-state index contributed by atoms with van der Waals surface area (Å²) in [5.74, 6) is 0. The molecular formula is C14H24. The van der Waals surface area contributed by atoms with Gasteiger partial charge in [0.25, 0.3) is 0 Å². The summed E-state index contributed by atoms with van der Waals surface area (Å²) in [5, 5.41) is 0. The second-order valence-corrected chi connectivity index (χ2v) is 6.43. The van der Waals surface area contributed by atoms with Crippen molar-refractivity contribution in [2.75, 3.05) is 0 Å². The minimum absolute atomic E-state index is 0.505. The third kappa shape index (κ3) is 1.53. The minimum Gasteiger partial charge on any atom is -0.0648 e. The zero-order valence-corrected chi connectivity index (χ0v) is 10.2. The fraction of sp³-hybridized carbons (Fsp3) is 0.857. The highest BCUT2D eigenvalue weighted by Gasteiger charge is 2.39. The van der Waals surface area contributed by atoms with Crippen molar-refractivity contribution in [3.63, 3.8) is 0 Å². The first-order chi connectivity index (χ1) is 6.43. The maximum absolute atomic E-state index is 2.45. The quantitative estimate of drug-likeness (QED) is 0.488. The van der Waals surface area contributed by atoms with Crippen LogP contribution in [0.25, 0.3) is 0 Å². The molecule has 0 aromatic heterocycles. The molecule has 0 saturated heterocycles. The Bertz CT molecular complexity index is 238. The molecule has 2 aliphatic carbocycles. The van der Waals surface area contributed by atoms with Crippen molar-refractivity contribution in [3.8, 4) is 0 Å². The summed E-state index contributed by atoms with van der Waals surface area (Å²) in [4.78, 5) is 0. The Morgan fingerprint density at radius 2 is 1.07 bits per heavy atom. The van der Waals surface area contributed by atoms with Crippen LogP contribution in [0.15, 0.2) is 11.1 Å². The summed E-state index contributed by atoms with van der Waals surface area (Å²) in [6.45, 7) is 9.79. The lowest BCUT2D eigenvalue weighted by atomic mass is 9.59. The molecule has 0 radical (unpaired) electrons. The molecule has 0 aliphatic heterocycles. The Morgan fingerprint density at radius 3 is 1.43 bits per heavy atom. The zero-order chi connectivity index (χ0) is 10.4. The first-order valence-corrected chi connectivity index (χ1v) is 6.16. The molecule has 0 N–H and O–H groups in total. The maximum atomic E-state index is 2.45. The van der Waals surface area contributed by atoms with Gasteiger partial charge in [-0.2, -0.15) is 0 Å². The summed E-state index contributed by atoms with van der Waals surface area (Å²) in [7, 11) is 0. The molecule has 0 unspecified atom stereocenters. The Labute approximate surface area is 88.8 Å². The average molecular weight is 192 g/mol. The molecule has 80 valence electrons. The molecule has 0 amide bonds. The van der Waals surface area contributed by atoms with Crippen LogP contribution in [0.4, 0.5) is 0 Å². The Kier molecular flexibility index (Phi) is 2.28. The maximum Gasteiger partial charge on any atom is -0.0141 e. The van der Waals surface area contributed by atoms with Gasteiger partial charge in [-0.25, -0.2) is 0 Å². The van der Waals surface area contributed by atoms with Crippen LogP contribution in [0.5, 0.6) is 0 Å². The van der Waals surface area contributed by atoms with E-state index < -0.39 is 0 Å². The normalized spacial score (nSPS) is 30.0. The highest BCUT2D eigenvalue weighted by Crippen LogP contribution is 2.53. The van der Waals surface area contributed by atoms with Crippen molar-refractivity contribution < 1.29 is 0 Å². The van der Waals surface area contributed by atoms with E-state index in [2.05, 4.69) is 27.7 Å². The molecule has 0 aromatic carbocycles. The Balaban J connectivity index is 2.44. The standard InChI is InChI=1S/C14H24/c1-13(2)9-10-14(3,4)12-8-6-5-7-11(12)13/h5-10H2,1-4H3. The highest BCUT2D eigenvalue weighted by molar-refractivity contribution is 5.30. The van der Waals surface area contributed by atoms with Crippen LogP contribution in [-0.4, -0.2) is 0 Å². The molecule has 0 fully saturated rings. The number of hydrogen-bond donors (Lipinski definition) is 0. The van der Waals surface area contributed by atoms with Crippen LogP contribution >= 0.6 is 0 Å². The lowest BCUT2D eigenvalue weighted by Gasteiger charge is -2.46. The van der Waals surface area contributed by atoms with Gasteiger partial charge in [-0.15, -0.1) is 0 Å². The van der Waals surface area contributed by atoms with Gasteiger partial charge >= 0.3 is 0 Å². The van der Waals surface area contributed by atoms with E-state index >= 15 is 0 Å². The SMILES string of the molecule is CC1(C)CCC(C)(C)C2=C1CCCC2. The van der Waals surface area contributed by atoms with E-state index in [0.717, 1.165) is 0 Å². The number of rotatable bonds is 0. The summed E-state index contributed by atoms with van der Waals surface area (Å²) >= 11 is 0. The van der Waals surface area contributed by atoms with Crippen LogP contribution in [0.2, 0.25) is 0 Å². The second kappa shape index (κ2) is 3.12. The van der Waals surface area contributed by atoms with Gasteiger partial charge in [0.05, 0.1) is 0 Å². The van der Waals surface area contributed by atoms with Crippen LogP contribution < -0.4 is 0 Å². The lowest BCUT2D eigenvalue weighted by molar-refractivity contribution is 0.236. The smallest absolute Gasteiger partial charge is 0.0141 e. The van der Waals surface area contributed by atoms with Crippen LogP contribution in [0, 0.1) is 10.8 Å². The predicted octanol–water partition coefficient (Wildman–Crippen LogP) is 4.70. The van der Waals surface area contributed by atoms with E-state index in [4.69, 9.17) is 0 Å². The van der Waals surface area contributed by atoms with E-state index in [9.17, 15) is 0 Å². The summed E-state index contributed by atoms with van der Waals surface area (Å²) in [5.41, 5.74) is 4.65. The van der Waals surface area contributed by atoms with Gasteiger partial charge in [0.15, 0.2) is 0 Å². The largest absolute Gasteiger partial charge is 0.0648 e. The van der Waals surface area contributed by atoms with E-state index in [1.165, 1.54) is 38.5 Å². The van der Waals surface area contributed by atoms with Crippen molar-refractivity contribution in [2.45, 2.75) is 66.2 Å². The Morgan fingerprint density at radius 1 is 0.714 bits per heavy atom. The molecule has 0 nitrogen and oxygen atoms in total. The molecule has 0 heterocycles. The van der Waals surface area contributed by atoms with Gasteiger partial charge in [0.1, 0.15) is 0 Å². The van der Waals surface area contributed by atoms with Crippen molar-refractivity contribution >= 4 is 0 Å². The first-order valence-electron chi connectivity index (χ1n) is 6.16. The fourth-order valence-electron chi connectivity index (χ4n) is 3.33. The van der Waals surface area contributed by atoms with Crippen molar-refractivity contribution in [1.29, 1.82) is 0 Å². The molecule has 2 rings (SSSR count). The summed E-state index contributed by atoms with van der Waals surface area (Å²) < 4.78 is 0. The number of allylic oxidation sites excluding steroid dienone is 2. The second-order valence-electron chi connectivity index (χ2n) is 6.43. The van der Waals surface area contributed by atoms with Gasteiger partial charge < -0.3 is 0 Å². The highest BCUT2D eigenvalue weighted by atomic mass is 14.4. The molecule has 0 bridgehead atoms. The molecule has 0 atom stereocenters. The monoisotopic (exact) mass is 192 g/mol. The van der Waals surface area contributed by atoms with Crippen LogP contribution in [0.3, 0.4) is 0 Å². The molecule has 2 aliphatic rings. The van der Waals surface area contributed by atoms with Gasteiger partial charge in [0.2, 0.25) is 0 Å². The molecule has 0 heteroatoms. The molecule has 0 spiro atoms. The fourth-order valence-corrected chi connectivity index (χ4v) is 3.33. The van der Waals surface area contributed by atoms with Crippen LogP contribution in [-0.2, 0) is 0 Å². The molecule has 14 heavy (non-hydrogen) atoms. The van der Waals surface area contributed by atoms with Gasteiger partial charge in [-0.3, -0.25) is 0 Å². The predicted molar refractivity (Wildman–Crippen MR) is 62.3 cm³/mol. The van der Waals surface area contributed by atoms with E-state index in [1.54, 1.807) is 0 Å². The summed E-state index contributed by atoms with van der Waals surface area (Å²) in [6.07, 6.45) is 8.39. The first kappa shape index (κ1) is 10.3. The lowest BCUT2D eigenvalue weighted by Crippen LogP contribution is -2.32. The van der Waals surface area contributed by atoms with E-state index in [0.29, 0.717) is 10.8 Å².